The van der Waals surface area contributed by atoms with Crippen LogP contribution in [0, 0.1) is 5.82 Å². The summed E-state index contributed by atoms with van der Waals surface area (Å²) in [6, 6.07) is 5.69. The summed E-state index contributed by atoms with van der Waals surface area (Å²) < 4.78 is 12.8. The Morgan fingerprint density at radius 2 is 2.10 bits per heavy atom. The Morgan fingerprint density at radius 3 is 2.81 bits per heavy atom. The molecule has 1 aromatic carbocycles. The number of halogens is 1. The van der Waals surface area contributed by atoms with E-state index in [-0.39, 0.29) is 11.6 Å². The summed E-state index contributed by atoms with van der Waals surface area (Å²) in [5.74, 6) is 2.09. The Balaban J connectivity index is 1.41. The van der Waals surface area contributed by atoms with Crippen LogP contribution in [0.2, 0.25) is 0 Å². The van der Waals surface area contributed by atoms with Crippen LogP contribution in [0.5, 0.6) is 0 Å². The number of Topliss-reactive ketones (excluding diaryl/α,β-unsaturated/α-hetero) is 1. The lowest BCUT2D eigenvalue weighted by molar-refractivity contribution is 0.0982. The fourth-order valence-corrected chi connectivity index (χ4v) is 2.78. The normalized spacial score (nSPS) is 14.3. The lowest BCUT2D eigenvalue weighted by atomic mass is 10.1. The van der Waals surface area contributed by atoms with Gasteiger partial charge >= 0.3 is 0 Å². The summed E-state index contributed by atoms with van der Waals surface area (Å²) >= 11 is 1.56. The number of ketones is 1. The highest BCUT2D eigenvalue weighted by Gasteiger charge is 2.27. The Bertz CT molecular complexity index is 622. The van der Waals surface area contributed by atoms with Crippen molar-refractivity contribution in [2.75, 3.05) is 5.75 Å². The van der Waals surface area contributed by atoms with Gasteiger partial charge in [-0.15, -0.1) is 5.10 Å². The minimum absolute atomic E-state index is 0.0456. The van der Waals surface area contributed by atoms with Gasteiger partial charge in [-0.3, -0.25) is 9.89 Å². The Hall–Kier alpha value is -1.69. The number of benzene rings is 1. The monoisotopic (exact) mass is 305 g/mol. The molecule has 0 atom stereocenters. The zero-order chi connectivity index (χ0) is 14.7. The van der Waals surface area contributed by atoms with Crippen LogP contribution in [-0.2, 0) is 0 Å². The number of hydrogen-bond donors (Lipinski definition) is 1. The number of aromatic nitrogens is 3. The zero-order valence-electron chi connectivity index (χ0n) is 11.5. The molecule has 1 saturated carbocycles. The molecule has 110 valence electrons. The Morgan fingerprint density at radius 1 is 1.33 bits per heavy atom. The van der Waals surface area contributed by atoms with Gasteiger partial charge in [-0.1, -0.05) is 11.8 Å². The number of nitrogens with zero attached hydrogens (tertiary/aromatic N) is 2. The molecule has 0 bridgehead atoms. The van der Waals surface area contributed by atoms with E-state index >= 15 is 0 Å². The average Bonchev–Trinajstić information content (AvgIpc) is 3.24. The molecule has 6 heteroatoms. The third-order valence-electron chi connectivity index (χ3n) is 3.39. The van der Waals surface area contributed by atoms with Gasteiger partial charge in [-0.05, 0) is 43.5 Å². The maximum atomic E-state index is 12.8. The first-order valence-corrected chi connectivity index (χ1v) is 8.05. The van der Waals surface area contributed by atoms with Crippen LogP contribution in [0.1, 0.15) is 47.8 Å². The number of thioether (sulfide) groups is 1. The number of carbonyl (C=O) groups is 1. The van der Waals surface area contributed by atoms with Crippen molar-refractivity contribution < 1.29 is 9.18 Å². The molecule has 0 spiro atoms. The van der Waals surface area contributed by atoms with Crippen molar-refractivity contribution in [3.8, 4) is 0 Å². The van der Waals surface area contributed by atoms with E-state index < -0.39 is 0 Å². The summed E-state index contributed by atoms with van der Waals surface area (Å²) in [5.41, 5.74) is 0.565. The SMILES string of the molecule is O=C(CCCSc1n[nH]c(C2CC2)n1)c1ccc(F)cc1. The fraction of sp³-hybridized carbons (Fsp3) is 0.400. The number of nitrogens with one attached hydrogen (secondary N) is 1. The van der Waals surface area contributed by atoms with Gasteiger partial charge in [0.2, 0.25) is 5.16 Å². The van der Waals surface area contributed by atoms with Crippen LogP contribution in [0.25, 0.3) is 0 Å². The molecule has 1 aliphatic carbocycles. The van der Waals surface area contributed by atoms with Gasteiger partial charge in [0.25, 0.3) is 0 Å². The van der Waals surface area contributed by atoms with E-state index in [2.05, 4.69) is 15.2 Å². The Labute approximate surface area is 126 Å². The highest BCUT2D eigenvalue weighted by atomic mass is 32.2. The van der Waals surface area contributed by atoms with Gasteiger partial charge in [-0.25, -0.2) is 9.37 Å². The minimum atomic E-state index is -0.321. The smallest absolute Gasteiger partial charge is 0.208 e. The number of carbonyl (C=O) groups excluding carboxylic acids is 1. The lowest BCUT2D eigenvalue weighted by Crippen LogP contribution is -1.99. The summed E-state index contributed by atoms with van der Waals surface area (Å²) in [7, 11) is 0. The summed E-state index contributed by atoms with van der Waals surface area (Å²) in [6.07, 6.45) is 3.61. The third kappa shape index (κ3) is 3.91. The van der Waals surface area contributed by atoms with Crippen molar-refractivity contribution in [1.29, 1.82) is 0 Å². The summed E-state index contributed by atoms with van der Waals surface area (Å²) in [6.45, 7) is 0. The molecule has 1 N–H and O–H groups in total. The molecule has 1 fully saturated rings. The molecule has 21 heavy (non-hydrogen) atoms. The number of H-pyrrole nitrogens is 1. The maximum Gasteiger partial charge on any atom is 0.208 e. The van der Waals surface area contributed by atoms with Gasteiger partial charge in [0.05, 0.1) is 0 Å². The second-order valence-corrected chi connectivity index (χ2v) is 6.22. The van der Waals surface area contributed by atoms with Crippen LogP contribution in [0.15, 0.2) is 29.4 Å². The second kappa shape index (κ2) is 6.39. The first-order valence-electron chi connectivity index (χ1n) is 7.06. The van der Waals surface area contributed by atoms with Crippen molar-refractivity contribution >= 4 is 17.5 Å². The molecule has 2 aromatic rings. The van der Waals surface area contributed by atoms with Crippen LogP contribution < -0.4 is 0 Å². The topological polar surface area (TPSA) is 58.6 Å². The van der Waals surface area contributed by atoms with Gasteiger partial charge in [0.1, 0.15) is 11.6 Å². The fourth-order valence-electron chi connectivity index (χ4n) is 2.04. The van der Waals surface area contributed by atoms with Crippen molar-refractivity contribution in [2.45, 2.75) is 36.8 Å². The maximum absolute atomic E-state index is 12.8. The van der Waals surface area contributed by atoms with E-state index in [0.29, 0.717) is 17.9 Å². The molecule has 4 nitrogen and oxygen atoms in total. The molecule has 0 amide bonds. The van der Waals surface area contributed by atoms with Crippen LogP contribution in [0.4, 0.5) is 4.39 Å². The summed E-state index contributed by atoms with van der Waals surface area (Å²) in [5, 5.41) is 7.88. The standard InChI is InChI=1S/C15H16FN3OS/c16-12-7-5-10(6-8-12)13(20)2-1-9-21-15-17-14(18-19-15)11-3-4-11/h5-8,11H,1-4,9H2,(H,17,18,19). The first kappa shape index (κ1) is 14.3. The molecule has 1 aliphatic rings. The van der Waals surface area contributed by atoms with Crippen molar-refractivity contribution in [3.05, 3.63) is 41.5 Å². The predicted octanol–water partition coefficient (Wildman–Crippen LogP) is 3.58. The van der Waals surface area contributed by atoms with Crippen LogP contribution >= 0.6 is 11.8 Å². The zero-order valence-corrected chi connectivity index (χ0v) is 12.3. The van der Waals surface area contributed by atoms with Crippen LogP contribution in [0.3, 0.4) is 0 Å². The number of aromatic amines is 1. The van der Waals surface area contributed by atoms with E-state index in [0.717, 1.165) is 23.2 Å². The second-order valence-electron chi connectivity index (χ2n) is 5.16. The predicted molar refractivity (Wildman–Crippen MR) is 79.0 cm³/mol. The van der Waals surface area contributed by atoms with E-state index in [1.807, 2.05) is 0 Å². The van der Waals surface area contributed by atoms with Gasteiger partial charge < -0.3 is 0 Å². The average molecular weight is 305 g/mol. The molecule has 0 saturated heterocycles. The largest absolute Gasteiger partial charge is 0.294 e. The van der Waals surface area contributed by atoms with E-state index in [1.165, 1.54) is 37.1 Å². The molecular formula is C15H16FN3OS. The van der Waals surface area contributed by atoms with Crippen LogP contribution in [-0.4, -0.2) is 26.7 Å². The van der Waals surface area contributed by atoms with Crippen molar-refractivity contribution in [3.63, 3.8) is 0 Å². The Kier molecular flexibility index (Phi) is 4.34. The molecule has 0 aliphatic heterocycles. The van der Waals surface area contributed by atoms with Gasteiger partial charge in [0, 0.05) is 23.7 Å². The van der Waals surface area contributed by atoms with Crippen molar-refractivity contribution in [2.24, 2.45) is 0 Å². The van der Waals surface area contributed by atoms with Gasteiger partial charge in [0.15, 0.2) is 5.78 Å². The van der Waals surface area contributed by atoms with Crippen molar-refractivity contribution in [1.82, 2.24) is 15.2 Å². The van der Waals surface area contributed by atoms with Gasteiger partial charge in [-0.2, -0.15) is 0 Å². The number of hydrogen-bond acceptors (Lipinski definition) is 4. The van der Waals surface area contributed by atoms with E-state index in [1.54, 1.807) is 11.8 Å². The lowest BCUT2D eigenvalue weighted by Gasteiger charge is -2.00. The third-order valence-corrected chi connectivity index (χ3v) is 4.33. The highest BCUT2D eigenvalue weighted by Crippen LogP contribution is 2.38. The highest BCUT2D eigenvalue weighted by molar-refractivity contribution is 7.99. The molecule has 3 rings (SSSR count). The minimum Gasteiger partial charge on any atom is -0.294 e. The quantitative estimate of drug-likeness (QED) is 0.482. The van der Waals surface area contributed by atoms with E-state index in [9.17, 15) is 9.18 Å². The molecule has 1 aromatic heterocycles. The first-order chi connectivity index (χ1) is 10.2. The van der Waals surface area contributed by atoms with E-state index in [4.69, 9.17) is 0 Å². The molecule has 1 heterocycles. The molecule has 0 radical (unpaired) electrons. The summed E-state index contributed by atoms with van der Waals surface area (Å²) in [4.78, 5) is 16.3. The molecule has 0 unspecified atom stereocenters. The number of rotatable bonds is 7. The molecular weight excluding hydrogens is 289 g/mol.